The lowest BCUT2D eigenvalue weighted by Gasteiger charge is -2.32. The van der Waals surface area contributed by atoms with Crippen molar-refractivity contribution in [3.8, 4) is 17.4 Å². The minimum atomic E-state index is -0.202. The molecule has 2 aromatic rings. The SMILES string of the molecule is COCCN1CCC(NC(=O)c2cc(OCC3CCOCC3)nc(-c3cncn3C)n2)CC1. The number of piperidine rings is 1. The van der Waals surface area contributed by atoms with Crippen molar-refractivity contribution in [3.63, 3.8) is 0 Å². The maximum Gasteiger partial charge on any atom is 0.270 e. The Hall–Kier alpha value is -2.56. The molecule has 1 N–H and O–H groups in total. The number of amides is 1. The van der Waals surface area contributed by atoms with E-state index < -0.39 is 0 Å². The third-order valence-corrected chi connectivity index (χ3v) is 6.32. The maximum absolute atomic E-state index is 13.1. The molecule has 10 nitrogen and oxygen atoms in total. The van der Waals surface area contributed by atoms with E-state index in [1.54, 1.807) is 25.7 Å². The molecule has 2 aliphatic heterocycles. The van der Waals surface area contributed by atoms with Crippen LogP contribution in [0.3, 0.4) is 0 Å². The number of imidazole rings is 1. The summed E-state index contributed by atoms with van der Waals surface area (Å²) >= 11 is 0. The molecule has 2 aliphatic rings. The number of rotatable bonds is 9. The van der Waals surface area contributed by atoms with Crippen LogP contribution >= 0.6 is 0 Å². The molecular weight excluding hydrogens is 424 g/mol. The molecule has 0 unspecified atom stereocenters. The first-order valence-electron chi connectivity index (χ1n) is 11.7. The number of hydrogen-bond donors (Lipinski definition) is 1. The number of hydrogen-bond acceptors (Lipinski definition) is 8. The Morgan fingerprint density at radius 2 is 2.00 bits per heavy atom. The van der Waals surface area contributed by atoms with Crippen LogP contribution in [0.2, 0.25) is 0 Å². The molecule has 0 spiro atoms. The van der Waals surface area contributed by atoms with E-state index in [4.69, 9.17) is 14.2 Å². The Kier molecular flexibility index (Phi) is 8.25. The highest BCUT2D eigenvalue weighted by molar-refractivity contribution is 5.93. The molecule has 33 heavy (non-hydrogen) atoms. The predicted octanol–water partition coefficient (Wildman–Crippen LogP) is 1.52. The summed E-state index contributed by atoms with van der Waals surface area (Å²) in [7, 11) is 3.59. The van der Waals surface area contributed by atoms with E-state index in [1.807, 2.05) is 11.6 Å². The summed E-state index contributed by atoms with van der Waals surface area (Å²) in [5.74, 6) is 1.06. The first-order chi connectivity index (χ1) is 16.1. The molecule has 4 heterocycles. The summed E-state index contributed by atoms with van der Waals surface area (Å²) in [5.41, 5.74) is 1.04. The highest BCUT2D eigenvalue weighted by Crippen LogP contribution is 2.21. The third kappa shape index (κ3) is 6.49. The predicted molar refractivity (Wildman–Crippen MR) is 122 cm³/mol. The number of likely N-dealkylation sites (tertiary alicyclic amines) is 1. The Bertz CT molecular complexity index is 906. The van der Waals surface area contributed by atoms with Gasteiger partial charge in [-0.25, -0.2) is 9.97 Å². The molecule has 1 amide bonds. The molecule has 0 bridgehead atoms. The average molecular weight is 459 g/mol. The number of nitrogens with zero attached hydrogens (tertiary/aromatic N) is 5. The lowest BCUT2D eigenvalue weighted by molar-refractivity contribution is 0.0490. The van der Waals surface area contributed by atoms with Crippen LogP contribution in [0.15, 0.2) is 18.6 Å². The Morgan fingerprint density at radius 1 is 1.21 bits per heavy atom. The first kappa shape index (κ1) is 23.6. The monoisotopic (exact) mass is 458 g/mol. The number of methoxy groups -OCH3 is 1. The number of aryl methyl sites for hydroxylation is 1. The van der Waals surface area contributed by atoms with E-state index in [2.05, 4.69) is 25.2 Å². The van der Waals surface area contributed by atoms with Crippen LogP contribution in [0.4, 0.5) is 0 Å². The van der Waals surface area contributed by atoms with Crippen molar-refractivity contribution in [3.05, 3.63) is 24.3 Å². The van der Waals surface area contributed by atoms with Gasteiger partial charge in [0.25, 0.3) is 5.91 Å². The highest BCUT2D eigenvalue weighted by Gasteiger charge is 2.23. The van der Waals surface area contributed by atoms with E-state index in [0.717, 1.165) is 70.8 Å². The minimum Gasteiger partial charge on any atom is -0.477 e. The van der Waals surface area contributed by atoms with Gasteiger partial charge in [-0.15, -0.1) is 0 Å². The summed E-state index contributed by atoms with van der Waals surface area (Å²) in [5, 5.41) is 3.15. The fourth-order valence-corrected chi connectivity index (χ4v) is 4.20. The minimum absolute atomic E-state index is 0.123. The van der Waals surface area contributed by atoms with Crippen LogP contribution < -0.4 is 10.1 Å². The number of carbonyl (C=O) groups excluding carboxylic acids is 1. The Morgan fingerprint density at radius 3 is 2.70 bits per heavy atom. The summed E-state index contributed by atoms with van der Waals surface area (Å²) in [6.07, 6.45) is 7.12. The number of carbonyl (C=O) groups is 1. The van der Waals surface area contributed by atoms with Gasteiger partial charge >= 0.3 is 0 Å². The zero-order valence-electron chi connectivity index (χ0n) is 19.5. The van der Waals surface area contributed by atoms with Crippen molar-refractivity contribution in [1.29, 1.82) is 0 Å². The molecule has 0 radical (unpaired) electrons. The van der Waals surface area contributed by atoms with Crippen molar-refractivity contribution in [2.75, 3.05) is 53.2 Å². The third-order valence-electron chi connectivity index (χ3n) is 6.32. The maximum atomic E-state index is 13.1. The van der Waals surface area contributed by atoms with Crippen LogP contribution in [-0.2, 0) is 16.5 Å². The number of nitrogens with one attached hydrogen (secondary N) is 1. The Balaban J connectivity index is 1.44. The van der Waals surface area contributed by atoms with Gasteiger partial charge < -0.3 is 29.0 Å². The van der Waals surface area contributed by atoms with Gasteiger partial charge in [-0.05, 0) is 31.6 Å². The van der Waals surface area contributed by atoms with Crippen LogP contribution in [-0.4, -0.2) is 89.5 Å². The molecule has 2 aromatic heterocycles. The average Bonchev–Trinajstić information content (AvgIpc) is 3.28. The van der Waals surface area contributed by atoms with Gasteiger partial charge in [0.15, 0.2) is 5.82 Å². The Labute approximate surface area is 194 Å². The second-order valence-electron chi connectivity index (χ2n) is 8.75. The van der Waals surface area contributed by atoms with Crippen LogP contribution in [0.1, 0.15) is 36.2 Å². The first-order valence-corrected chi connectivity index (χ1v) is 11.7. The highest BCUT2D eigenvalue weighted by atomic mass is 16.5. The van der Waals surface area contributed by atoms with Gasteiger partial charge in [-0.3, -0.25) is 4.79 Å². The molecule has 10 heteroatoms. The van der Waals surface area contributed by atoms with E-state index in [0.29, 0.717) is 29.9 Å². The fraction of sp³-hybridized carbons (Fsp3) is 0.652. The number of aromatic nitrogens is 4. The summed E-state index contributed by atoms with van der Waals surface area (Å²) in [6.45, 7) is 5.60. The lowest BCUT2D eigenvalue weighted by atomic mass is 10.0. The molecule has 0 aromatic carbocycles. The van der Waals surface area contributed by atoms with Gasteiger partial charge in [0.1, 0.15) is 11.4 Å². The normalized spacial score (nSPS) is 18.4. The molecule has 0 atom stereocenters. The smallest absolute Gasteiger partial charge is 0.270 e. The van der Waals surface area contributed by atoms with Crippen LogP contribution in [0, 0.1) is 5.92 Å². The second-order valence-corrected chi connectivity index (χ2v) is 8.75. The van der Waals surface area contributed by atoms with Gasteiger partial charge in [-0.1, -0.05) is 0 Å². The molecule has 0 aliphatic carbocycles. The quantitative estimate of drug-likeness (QED) is 0.603. The summed E-state index contributed by atoms with van der Waals surface area (Å²) < 4.78 is 18.4. The summed E-state index contributed by atoms with van der Waals surface area (Å²) in [4.78, 5) is 28.7. The van der Waals surface area contributed by atoms with Crippen molar-refractivity contribution in [1.82, 2.24) is 29.7 Å². The van der Waals surface area contributed by atoms with E-state index in [9.17, 15) is 4.79 Å². The van der Waals surface area contributed by atoms with Crippen LogP contribution in [0.5, 0.6) is 5.88 Å². The van der Waals surface area contributed by atoms with E-state index in [-0.39, 0.29) is 11.9 Å². The van der Waals surface area contributed by atoms with Crippen molar-refractivity contribution < 1.29 is 19.0 Å². The number of ether oxygens (including phenoxy) is 3. The molecule has 0 saturated carbocycles. The zero-order valence-corrected chi connectivity index (χ0v) is 19.5. The van der Waals surface area contributed by atoms with E-state index in [1.165, 1.54) is 0 Å². The lowest BCUT2D eigenvalue weighted by Crippen LogP contribution is -2.45. The van der Waals surface area contributed by atoms with E-state index >= 15 is 0 Å². The molecule has 2 fully saturated rings. The molecular formula is C23H34N6O4. The van der Waals surface area contributed by atoms with Crippen molar-refractivity contribution >= 4 is 5.91 Å². The van der Waals surface area contributed by atoms with Crippen molar-refractivity contribution in [2.24, 2.45) is 13.0 Å². The van der Waals surface area contributed by atoms with Gasteiger partial charge in [0, 0.05) is 59.1 Å². The topological polar surface area (TPSA) is 104 Å². The zero-order chi connectivity index (χ0) is 23.0. The van der Waals surface area contributed by atoms with Gasteiger partial charge in [0.2, 0.25) is 5.88 Å². The van der Waals surface area contributed by atoms with Crippen LogP contribution in [0.25, 0.3) is 11.5 Å². The standard InChI is InChI=1S/C23H34N6O4/c1-28-16-24-14-20(28)22-26-19(13-21(27-22)33-15-17-5-10-32-11-6-17)23(30)25-18-3-7-29(8-4-18)9-12-31-2/h13-14,16-18H,3-12,15H2,1-2H3,(H,25,30). The largest absolute Gasteiger partial charge is 0.477 e. The fourth-order valence-electron chi connectivity index (χ4n) is 4.20. The van der Waals surface area contributed by atoms with Gasteiger partial charge in [-0.2, -0.15) is 4.98 Å². The van der Waals surface area contributed by atoms with Gasteiger partial charge in [0.05, 0.1) is 25.7 Å². The van der Waals surface area contributed by atoms with Crippen molar-refractivity contribution in [2.45, 2.75) is 31.7 Å². The molecule has 180 valence electrons. The summed E-state index contributed by atoms with van der Waals surface area (Å²) in [6, 6.07) is 1.76. The second kappa shape index (κ2) is 11.5. The molecule has 2 saturated heterocycles. The molecule has 4 rings (SSSR count).